The van der Waals surface area contributed by atoms with Crippen molar-refractivity contribution in [2.24, 2.45) is 16.1 Å². The average Bonchev–Trinajstić information content (AvgIpc) is 3.46. The number of aromatic hydroxyl groups is 1. The number of hydrogen-bond donors (Lipinski definition) is 1. The van der Waals surface area contributed by atoms with E-state index in [1.165, 1.54) is 12.3 Å². The highest BCUT2D eigenvalue weighted by atomic mass is 79.9. The lowest BCUT2D eigenvalue weighted by atomic mass is 9.83. The molecule has 0 saturated carbocycles. The van der Waals surface area contributed by atoms with Crippen LogP contribution in [0.5, 0.6) is 5.88 Å². The lowest BCUT2D eigenvalue weighted by molar-refractivity contribution is 0.0922. The number of pyridine rings is 1. The van der Waals surface area contributed by atoms with Gasteiger partial charge in [0.2, 0.25) is 5.88 Å². The Morgan fingerprint density at radius 2 is 2.03 bits per heavy atom. The Hall–Kier alpha value is -3.50. The highest BCUT2D eigenvalue weighted by Gasteiger charge is 2.35. The van der Waals surface area contributed by atoms with Crippen LogP contribution in [0.1, 0.15) is 28.6 Å². The molecule has 0 unspecified atom stereocenters. The molecule has 2 aliphatic rings. The molecular formula is C25H22BrN5O4. The molecule has 0 aliphatic carbocycles. The molecule has 1 saturated heterocycles. The molecule has 35 heavy (non-hydrogen) atoms. The molecule has 1 aromatic carbocycles. The molecule has 2 bridgehead atoms. The number of halogens is 1. The van der Waals surface area contributed by atoms with E-state index >= 15 is 0 Å². The Bertz CT molecular complexity index is 1520. The Kier molecular flexibility index (Phi) is 5.42. The van der Waals surface area contributed by atoms with Crippen LogP contribution < -0.4 is 5.56 Å². The first-order valence-corrected chi connectivity index (χ1v) is 12.2. The van der Waals surface area contributed by atoms with Crippen LogP contribution >= 0.6 is 15.9 Å². The number of likely N-dealkylation sites (tertiary alicyclic amines) is 1. The summed E-state index contributed by atoms with van der Waals surface area (Å²) in [5, 5.41) is 19.7. The maximum Gasteiger partial charge on any atom is 0.331 e. The summed E-state index contributed by atoms with van der Waals surface area (Å²) in [6.45, 7) is 2.77. The zero-order valence-electron chi connectivity index (χ0n) is 18.7. The van der Waals surface area contributed by atoms with Crippen molar-refractivity contribution in [3.8, 4) is 5.88 Å². The van der Waals surface area contributed by atoms with Crippen LogP contribution in [-0.2, 0) is 13.2 Å². The van der Waals surface area contributed by atoms with Gasteiger partial charge < -0.3 is 14.1 Å². The third kappa shape index (κ3) is 3.92. The van der Waals surface area contributed by atoms with Gasteiger partial charge in [-0.2, -0.15) is 0 Å². The second-order valence-electron chi connectivity index (χ2n) is 9.12. The number of piperidine rings is 1. The Morgan fingerprint density at radius 1 is 1.14 bits per heavy atom. The van der Waals surface area contributed by atoms with Crippen LogP contribution in [-0.4, -0.2) is 38.1 Å². The Balaban J connectivity index is 1.33. The fourth-order valence-electron chi connectivity index (χ4n) is 5.39. The zero-order chi connectivity index (χ0) is 24.1. The maximum atomic E-state index is 12.3. The van der Waals surface area contributed by atoms with E-state index in [9.17, 15) is 14.7 Å². The second kappa shape index (κ2) is 8.62. The minimum Gasteiger partial charge on any atom is -0.493 e. The normalized spacial score (nSPS) is 19.9. The van der Waals surface area contributed by atoms with Crippen molar-refractivity contribution in [2.45, 2.75) is 25.6 Å². The summed E-state index contributed by atoms with van der Waals surface area (Å²) in [5.41, 5.74) is 2.16. The van der Waals surface area contributed by atoms with E-state index in [2.05, 4.69) is 31.1 Å². The van der Waals surface area contributed by atoms with E-state index in [0.29, 0.717) is 24.5 Å². The number of carbonyl (C=O) groups is 1. The van der Waals surface area contributed by atoms with Gasteiger partial charge in [-0.1, -0.05) is 22.0 Å². The average molecular weight is 536 g/mol. The van der Waals surface area contributed by atoms with Crippen molar-refractivity contribution < 1.29 is 14.3 Å². The number of fused-ring (bicyclic) bond motifs is 5. The van der Waals surface area contributed by atoms with E-state index in [0.717, 1.165) is 35.2 Å². The fourth-order valence-corrected chi connectivity index (χ4v) is 5.75. The topological polar surface area (TPSA) is 105 Å². The molecular weight excluding hydrogens is 514 g/mol. The molecule has 6 rings (SSSR count). The number of hydrogen-bond acceptors (Lipinski definition) is 6. The quantitative estimate of drug-likeness (QED) is 0.375. The van der Waals surface area contributed by atoms with Gasteiger partial charge in [0, 0.05) is 47.2 Å². The summed E-state index contributed by atoms with van der Waals surface area (Å²) < 4.78 is 9.62. The van der Waals surface area contributed by atoms with Gasteiger partial charge in [0.15, 0.2) is 11.4 Å². The number of furan rings is 1. The number of aromatic nitrogens is 2. The molecule has 9 nitrogen and oxygen atoms in total. The van der Waals surface area contributed by atoms with Gasteiger partial charge in [-0.25, -0.2) is 0 Å². The van der Waals surface area contributed by atoms with Crippen LogP contribution in [0.25, 0.3) is 10.9 Å². The lowest BCUT2D eigenvalue weighted by Gasteiger charge is -2.42. The third-order valence-electron chi connectivity index (χ3n) is 6.84. The molecule has 1 fully saturated rings. The molecule has 0 spiro atoms. The first kappa shape index (κ1) is 22.0. The van der Waals surface area contributed by atoms with E-state index in [4.69, 9.17) is 4.42 Å². The van der Waals surface area contributed by atoms with E-state index in [1.807, 2.05) is 34.9 Å². The molecule has 10 heteroatoms. The van der Waals surface area contributed by atoms with E-state index < -0.39 is 5.91 Å². The molecule has 2 atom stereocenters. The SMILES string of the molecule is O=C(N=Nc1c(O)n(CN2C[C@@H]3C[C@H](C2)c2cccc(=O)n2C3)c2ccc(Br)cc12)c1ccco1. The van der Waals surface area contributed by atoms with Crippen molar-refractivity contribution in [1.29, 1.82) is 0 Å². The summed E-state index contributed by atoms with van der Waals surface area (Å²) in [4.78, 5) is 26.9. The van der Waals surface area contributed by atoms with Crippen molar-refractivity contribution in [1.82, 2.24) is 14.0 Å². The Morgan fingerprint density at radius 3 is 2.86 bits per heavy atom. The molecule has 5 heterocycles. The van der Waals surface area contributed by atoms with Crippen LogP contribution in [0.3, 0.4) is 0 Å². The molecule has 4 aromatic rings. The molecule has 178 valence electrons. The van der Waals surface area contributed by atoms with Crippen LogP contribution in [0.2, 0.25) is 0 Å². The number of carbonyl (C=O) groups excluding carboxylic acids is 1. The summed E-state index contributed by atoms with van der Waals surface area (Å²) in [7, 11) is 0. The molecule has 1 amide bonds. The zero-order valence-corrected chi connectivity index (χ0v) is 20.3. The molecule has 1 N–H and O–H groups in total. The number of azo groups is 1. The monoisotopic (exact) mass is 535 g/mol. The van der Waals surface area contributed by atoms with Gasteiger partial charge in [-0.3, -0.25) is 19.1 Å². The fraction of sp³-hybridized carbons (Fsp3) is 0.280. The smallest absolute Gasteiger partial charge is 0.331 e. The van der Waals surface area contributed by atoms with Crippen molar-refractivity contribution >= 4 is 38.4 Å². The number of rotatable bonds is 4. The minimum absolute atomic E-state index is 0.0542. The Labute approximate surface area is 208 Å². The van der Waals surface area contributed by atoms with Gasteiger partial charge in [-0.05, 0) is 48.7 Å². The predicted molar refractivity (Wildman–Crippen MR) is 132 cm³/mol. The molecule has 2 aliphatic heterocycles. The highest BCUT2D eigenvalue weighted by molar-refractivity contribution is 9.10. The van der Waals surface area contributed by atoms with Crippen LogP contribution in [0, 0.1) is 5.92 Å². The first-order chi connectivity index (χ1) is 17.0. The van der Waals surface area contributed by atoms with Crippen molar-refractivity contribution in [3.63, 3.8) is 0 Å². The molecule has 3 aromatic heterocycles. The van der Waals surface area contributed by atoms with Gasteiger partial charge in [0.05, 0.1) is 18.4 Å². The summed E-state index contributed by atoms with van der Waals surface area (Å²) >= 11 is 3.48. The van der Waals surface area contributed by atoms with Crippen molar-refractivity contribution in [2.75, 3.05) is 13.1 Å². The number of amides is 1. The van der Waals surface area contributed by atoms with E-state index in [-0.39, 0.29) is 28.8 Å². The van der Waals surface area contributed by atoms with Gasteiger partial charge in [0.25, 0.3) is 5.56 Å². The standard InChI is InChI=1S/C25H22BrN5O4/c26-17-6-7-20-18(10-17)23(27-28-24(33)21-4-2-8-35-21)25(34)31(20)14-29-11-15-9-16(13-29)19-3-1-5-22(32)30(19)12-15/h1-8,10,15-16,34H,9,11-14H2/t15-,16+/m0/s1. The third-order valence-corrected chi connectivity index (χ3v) is 7.33. The summed E-state index contributed by atoms with van der Waals surface area (Å²) in [6.07, 6.45) is 2.45. The lowest BCUT2D eigenvalue weighted by Crippen LogP contribution is -2.47. The number of nitrogens with zero attached hydrogens (tertiary/aromatic N) is 5. The van der Waals surface area contributed by atoms with Gasteiger partial charge in [0.1, 0.15) is 0 Å². The van der Waals surface area contributed by atoms with Crippen LogP contribution in [0.4, 0.5) is 5.69 Å². The largest absolute Gasteiger partial charge is 0.493 e. The minimum atomic E-state index is -0.622. The predicted octanol–water partition coefficient (Wildman–Crippen LogP) is 4.87. The first-order valence-electron chi connectivity index (χ1n) is 11.4. The second-order valence-corrected chi connectivity index (χ2v) is 10.0. The maximum absolute atomic E-state index is 12.3. The highest BCUT2D eigenvalue weighted by Crippen LogP contribution is 2.41. The summed E-state index contributed by atoms with van der Waals surface area (Å²) in [6, 6.07) is 14.3. The molecule has 0 radical (unpaired) electrons. The van der Waals surface area contributed by atoms with E-state index in [1.54, 1.807) is 16.7 Å². The van der Waals surface area contributed by atoms with Gasteiger partial charge in [-0.15, -0.1) is 10.2 Å². The van der Waals surface area contributed by atoms with Crippen molar-refractivity contribution in [3.05, 3.63) is 81.1 Å². The summed E-state index contributed by atoms with van der Waals surface area (Å²) in [5.74, 6) is 0.0334. The number of benzene rings is 1. The van der Waals surface area contributed by atoms with Crippen LogP contribution in [0.15, 0.2) is 78.7 Å². The van der Waals surface area contributed by atoms with Gasteiger partial charge >= 0.3 is 5.91 Å².